The second kappa shape index (κ2) is 9.07. The standard InChI is InChI=1S/C21H17Cl4NO/c1-13-2-4-14(5-3-13)12-27-21-15(8-17(23)10-19(21)25)11-26-20-7-6-16(22)9-18(20)24/h2-10,26H,11-12H2,1H3. The Morgan fingerprint density at radius 1 is 0.815 bits per heavy atom. The maximum Gasteiger partial charge on any atom is 0.143 e. The van der Waals surface area contributed by atoms with Gasteiger partial charge in [-0.1, -0.05) is 76.2 Å². The van der Waals surface area contributed by atoms with Gasteiger partial charge in [-0.15, -0.1) is 0 Å². The van der Waals surface area contributed by atoms with Crippen LogP contribution in [0, 0.1) is 6.92 Å². The summed E-state index contributed by atoms with van der Waals surface area (Å²) in [5.74, 6) is 0.597. The van der Waals surface area contributed by atoms with E-state index in [0.29, 0.717) is 39.0 Å². The molecule has 0 aliphatic rings. The van der Waals surface area contributed by atoms with Gasteiger partial charge in [0, 0.05) is 22.2 Å². The van der Waals surface area contributed by atoms with E-state index in [2.05, 4.69) is 5.32 Å². The van der Waals surface area contributed by atoms with Crippen LogP contribution in [0.25, 0.3) is 0 Å². The Labute approximate surface area is 179 Å². The van der Waals surface area contributed by atoms with Gasteiger partial charge in [-0.25, -0.2) is 0 Å². The fourth-order valence-corrected chi connectivity index (χ4v) is 3.64. The average molecular weight is 441 g/mol. The highest BCUT2D eigenvalue weighted by atomic mass is 35.5. The van der Waals surface area contributed by atoms with Crippen molar-refractivity contribution in [3.8, 4) is 5.75 Å². The van der Waals surface area contributed by atoms with Crippen LogP contribution in [0.2, 0.25) is 20.1 Å². The van der Waals surface area contributed by atoms with Crippen LogP contribution in [0.5, 0.6) is 5.75 Å². The SMILES string of the molecule is Cc1ccc(COc2c(Cl)cc(Cl)cc2CNc2ccc(Cl)cc2Cl)cc1. The highest BCUT2D eigenvalue weighted by molar-refractivity contribution is 6.36. The van der Waals surface area contributed by atoms with Crippen LogP contribution in [-0.4, -0.2) is 0 Å². The lowest BCUT2D eigenvalue weighted by atomic mass is 10.1. The van der Waals surface area contributed by atoms with E-state index in [1.807, 2.05) is 43.3 Å². The van der Waals surface area contributed by atoms with Crippen LogP contribution in [0.3, 0.4) is 0 Å². The highest BCUT2D eigenvalue weighted by Gasteiger charge is 2.12. The van der Waals surface area contributed by atoms with E-state index in [4.69, 9.17) is 51.1 Å². The molecule has 0 radical (unpaired) electrons. The summed E-state index contributed by atoms with van der Waals surface area (Å²) in [5.41, 5.74) is 3.87. The molecule has 0 aliphatic carbocycles. The first-order chi connectivity index (χ1) is 12.9. The van der Waals surface area contributed by atoms with E-state index in [1.54, 1.807) is 18.2 Å². The predicted molar refractivity (Wildman–Crippen MR) is 116 cm³/mol. The number of halogens is 4. The summed E-state index contributed by atoms with van der Waals surface area (Å²) in [6.07, 6.45) is 0. The highest BCUT2D eigenvalue weighted by Crippen LogP contribution is 2.34. The van der Waals surface area contributed by atoms with Gasteiger partial charge in [-0.2, -0.15) is 0 Å². The quantitative estimate of drug-likeness (QED) is 0.422. The lowest BCUT2D eigenvalue weighted by molar-refractivity contribution is 0.303. The molecule has 0 aromatic heterocycles. The van der Waals surface area contributed by atoms with E-state index in [0.717, 1.165) is 16.8 Å². The molecule has 0 heterocycles. The van der Waals surface area contributed by atoms with E-state index < -0.39 is 0 Å². The third kappa shape index (κ3) is 5.46. The Morgan fingerprint density at radius 3 is 2.22 bits per heavy atom. The van der Waals surface area contributed by atoms with Crippen molar-refractivity contribution >= 4 is 52.1 Å². The van der Waals surface area contributed by atoms with Gasteiger partial charge in [0.25, 0.3) is 0 Å². The molecule has 0 fully saturated rings. The van der Waals surface area contributed by atoms with Crippen LogP contribution in [0.1, 0.15) is 16.7 Å². The zero-order chi connectivity index (χ0) is 19.4. The zero-order valence-electron chi connectivity index (χ0n) is 14.5. The third-order valence-electron chi connectivity index (χ3n) is 3.99. The number of hydrogen-bond acceptors (Lipinski definition) is 2. The van der Waals surface area contributed by atoms with Crippen LogP contribution in [0.15, 0.2) is 54.6 Å². The molecule has 2 nitrogen and oxygen atoms in total. The number of nitrogens with one attached hydrogen (secondary N) is 1. The molecule has 0 unspecified atom stereocenters. The third-order valence-corrected chi connectivity index (χ3v) is 5.04. The summed E-state index contributed by atoms with van der Waals surface area (Å²) in [6, 6.07) is 16.9. The number of benzene rings is 3. The zero-order valence-corrected chi connectivity index (χ0v) is 17.6. The van der Waals surface area contributed by atoms with Gasteiger partial charge in [-0.05, 0) is 42.8 Å². The normalized spacial score (nSPS) is 10.7. The summed E-state index contributed by atoms with van der Waals surface area (Å²) in [6.45, 7) is 2.91. The second-order valence-corrected chi connectivity index (χ2v) is 7.82. The Kier molecular flexibility index (Phi) is 6.78. The molecule has 0 spiro atoms. The Bertz CT molecular complexity index is 942. The number of hydrogen-bond donors (Lipinski definition) is 1. The second-order valence-electron chi connectivity index (χ2n) is 6.13. The molecule has 6 heteroatoms. The molecule has 140 valence electrons. The Hall–Kier alpha value is -1.58. The topological polar surface area (TPSA) is 21.3 Å². The van der Waals surface area contributed by atoms with Crippen LogP contribution < -0.4 is 10.1 Å². The first kappa shape index (κ1) is 20.2. The molecule has 0 atom stereocenters. The molecule has 0 aliphatic heterocycles. The summed E-state index contributed by atoms with van der Waals surface area (Å²) < 4.78 is 6.00. The van der Waals surface area contributed by atoms with Crippen molar-refractivity contribution in [1.82, 2.24) is 0 Å². The smallest absolute Gasteiger partial charge is 0.143 e. The van der Waals surface area contributed by atoms with E-state index >= 15 is 0 Å². The molecule has 0 bridgehead atoms. The number of aryl methyl sites for hydroxylation is 1. The summed E-state index contributed by atoms with van der Waals surface area (Å²) in [7, 11) is 0. The fourth-order valence-electron chi connectivity index (χ4n) is 2.57. The summed E-state index contributed by atoms with van der Waals surface area (Å²) in [4.78, 5) is 0. The molecule has 0 saturated carbocycles. The maximum absolute atomic E-state index is 6.38. The number of rotatable bonds is 6. The molecule has 0 saturated heterocycles. The fraction of sp³-hybridized carbons (Fsp3) is 0.143. The molecule has 27 heavy (non-hydrogen) atoms. The minimum absolute atomic E-state index is 0.413. The maximum atomic E-state index is 6.38. The molecule has 3 aromatic carbocycles. The summed E-state index contributed by atoms with van der Waals surface area (Å²) in [5, 5.41) is 5.40. The lowest BCUT2D eigenvalue weighted by Gasteiger charge is -2.16. The minimum atomic E-state index is 0.413. The van der Waals surface area contributed by atoms with Crippen molar-refractivity contribution in [1.29, 1.82) is 0 Å². The van der Waals surface area contributed by atoms with Crippen molar-refractivity contribution in [2.45, 2.75) is 20.1 Å². The first-order valence-corrected chi connectivity index (χ1v) is 9.79. The molecule has 3 aromatic rings. The van der Waals surface area contributed by atoms with Gasteiger partial charge in [-0.3, -0.25) is 0 Å². The average Bonchev–Trinajstić information content (AvgIpc) is 2.61. The van der Waals surface area contributed by atoms with Gasteiger partial charge < -0.3 is 10.1 Å². The van der Waals surface area contributed by atoms with Gasteiger partial charge in [0.15, 0.2) is 0 Å². The Balaban J connectivity index is 1.78. The van der Waals surface area contributed by atoms with Crippen LogP contribution >= 0.6 is 46.4 Å². The number of anilines is 1. The van der Waals surface area contributed by atoms with E-state index in [1.165, 1.54) is 5.56 Å². The largest absolute Gasteiger partial charge is 0.487 e. The van der Waals surface area contributed by atoms with Crippen molar-refractivity contribution in [2.75, 3.05) is 5.32 Å². The molecule has 1 N–H and O–H groups in total. The van der Waals surface area contributed by atoms with Crippen molar-refractivity contribution in [2.24, 2.45) is 0 Å². The van der Waals surface area contributed by atoms with E-state index in [-0.39, 0.29) is 0 Å². The minimum Gasteiger partial charge on any atom is -0.487 e. The van der Waals surface area contributed by atoms with Crippen molar-refractivity contribution in [3.05, 3.63) is 91.4 Å². The molecular weight excluding hydrogens is 424 g/mol. The Morgan fingerprint density at radius 2 is 1.52 bits per heavy atom. The van der Waals surface area contributed by atoms with Crippen molar-refractivity contribution in [3.63, 3.8) is 0 Å². The van der Waals surface area contributed by atoms with Crippen LogP contribution in [0.4, 0.5) is 5.69 Å². The molecular formula is C21H17Cl4NO. The van der Waals surface area contributed by atoms with Gasteiger partial charge >= 0.3 is 0 Å². The van der Waals surface area contributed by atoms with Gasteiger partial charge in [0.05, 0.1) is 15.7 Å². The van der Waals surface area contributed by atoms with Crippen LogP contribution in [-0.2, 0) is 13.2 Å². The summed E-state index contributed by atoms with van der Waals surface area (Å²) >= 11 is 24.7. The van der Waals surface area contributed by atoms with Gasteiger partial charge in [0.1, 0.15) is 12.4 Å². The monoisotopic (exact) mass is 439 g/mol. The lowest BCUT2D eigenvalue weighted by Crippen LogP contribution is -2.05. The van der Waals surface area contributed by atoms with Gasteiger partial charge in [0.2, 0.25) is 0 Å². The first-order valence-electron chi connectivity index (χ1n) is 8.27. The van der Waals surface area contributed by atoms with Crippen molar-refractivity contribution < 1.29 is 4.74 Å². The molecule has 0 amide bonds. The number of ether oxygens (including phenoxy) is 1. The molecule has 3 rings (SSSR count). The van der Waals surface area contributed by atoms with E-state index in [9.17, 15) is 0 Å². The predicted octanol–water partition coefficient (Wildman–Crippen LogP) is 7.80.